The van der Waals surface area contributed by atoms with E-state index in [9.17, 15) is 4.79 Å². The van der Waals surface area contributed by atoms with Crippen LogP contribution in [0.2, 0.25) is 0 Å². The Labute approximate surface area is 73.7 Å². The maximum atomic E-state index is 10.2. The molecule has 0 radical (unpaired) electrons. The molecular weight excluding hydrogens is 154 g/mol. The molecule has 0 amide bonds. The van der Waals surface area contributed by atoms with Crippen LogP contribution in [0.15, 0.2) is 0 Å². The van der Waals surface area contributed by atoms with Crippen LogP contribution in [0.3, 0.4) is 0 Å². The first kappa shape index (κ1) is 9.52. The van der Waals surface area contributed by atoms with Gasteiger partial charge in [0.05, 0.1) is 0 Å². The van der Waals surface area contributed by atoms with Crippen molar-refractivity contribution in [1.29, 1.82) is 0 Å². The van der Waals surface area contributed by atoms with Gasteiger partial charge < -0.3 is 4.74 Å². The van der Waals surface area contributed by atoms with Crippen LogP contribution in [0.5, 0.6) is 0 Å². The standard InChI is InChI=1S/C9H17NO2/c1-8(2)10-6-4-3-5-9(10)12-7-11/h7-9H,3-6H2,1-2H3. The Balaban J connectivity index is 2.47. The molecule has 1 heterocycles. The molecule has 0 aromatic heterocycles. The van der Waals surface area contributed by atoms with Crippen LogP contribution in [-0.4, -0.2) is 30.2 Å². The summed E-state index contributed by atoms with van der Waals surface area (Å²) in [6.07, 6.45) is 3.39. The van der Waals surface area contributed by atoms with E-state index in [1.807, 2.05) is 0 Å². The minimum absolute atomic E-state index is 0.0243. The fourth-order valence-corrected chi connectivity index (χ4v) is 1.72. The van der Waals surface area contributed by atoms with Crippen molar-refractivity contribution in [3.8, 4) is 0 Å². The summed E-state index contributed by atoms with van der Waals surface area (Å²) in [5, 5.41) is 0. The van der Waals surface area contributed by atoms with Gasteiger partial charge in [-0.1, -0.05) is 0 Å². The normalized spacial score (nSPS) is 25.8. The summed E-state index contributed by atoms with van der Waals surface area (Å²) in [6.45, 7) is 5.88. The van der Waals surface area contributed by atoms with Crippen molar-refractivity contribution in [2.24, 2.45) is 0 Å². The van der Waals surface area contributed by atoms with E-state index < -0.39 is 0 Å². The van der Waals surface area contributed by atoms with E-state index in [1.54, 1.807) is 0 Å². The van der Waals surface area contributed by atoms with Crippen LogP contribution < -0.4 is 0 Å². The molecular formula is C9H17NO2. The van der Waals surface area contributed by atoms with Gasteiger partial charge in [-0.25, -0.2) is 0 Å². The molecule has 1 rings (SSSR count). The lowest BCUT2D eigenvalue weighted by atomic mass is 10.1. The molecule has 3 heteroatoms. The number of carbonyl (C=O) groups excluding carboxylic acids is 1. The van der Waals surface area contributed by atoms with E-state index in [0.717, 1.165) is 13.0 Å². The van der Waals surface area contributed by atoms with E-state index >= 15 is 0 Å². The van der Waals surface area contributed by atoms with Crippen molar-refractivity contribution in [1.82, 2.24) is 4.90 Å². The SMILES string of the molecule is CC(C)N1CCCCC1OC=O. The molecule has 70 valence electrons. The zero-order valence-corrected chi connectivity index (χ0v) is 7.82. The maximum Gasteiger partial charge on any atom is 0.294 e. The maximum absolute atomic E-state index is 10.2. The Morgan fingerprint density at radius 3 is 2.83 bits per heavy atom. The average Bonchev–Trinajstić information content (AvgIpc) is 2.05. The highest BCUT2D eigenvalue weighted by molar-refractivity contribution is 5.37. The summed E-state index contributed by atoms with van der Waals surface area (Å²) < 4.78 is 5.00. The molecule has 1 atom stereocenters. The third-order valence-electron chi connectivity index (χ3n) is 2.36. The minimum Gasteiger partial charge on any atom is -0.449 e. The third-order valence-corrected chi connectivity index (χ3v) is 2.36. The second-order valence-electron chi connectivity index (χ2n) is 3.51. The smallest absolute Gasteiger partial charge is 0.294 e. The van der Waals surface area contributed by atoms with Crippen LogP contribution in [0.1, 0.15) is 33.1 Å². The monoisotopic (exact) mass is 171 g/mol. The van der Waals surface area contributed by atoms with Gasteiger partial charge in [0, 0.05) is 12.6 Å². The van der Waals surface area contributed by atoms with Gasteiger partial charge in [-0.2, -0.15) is 0 Å². The Hall–Kier alpha value is -0.570. The van der Waals surface area contributed by atoms with Crippen LogP contribution in [-0.2, 0) is 9.53 Å². The highest BCUT2D eigenvalue weighted by Gasteiger charge is 2.24. The zero-order chi connectivity index (χ0) is 8.97. The lowest BCUT2D eigenvalue weighted by Gasteiger charge is -2.36. The van der Waals surface area contributed by atoms with Gasteiger partial charge in [0.15, 0.2) is 6.23 Å². The second-order valence-corrected chi connectivity index (χ2v) is 3.51. The van der Waals surface area contributed by atoms with Crippen molar-refractivity contribution < 1.29 is 9.53 Å². The van der Waals surface area contributed by atoms with Crippen LogP contribution in [0, 0.1) is 0 Å². The predicted molar refractivity (Wildman–Crippen MR) is 46.6 cm³/mol. The quantitative estimate of drug-likeness (QED) is 0.601. The second kappa shape index (κ2) is 4.45. The molecule has 1 unspecified atom stereocenters. The van der Waals surface area contributed by atoms with Crippen molar-refractivity contribution in [3.05, 3.63) is 0 Å². The molecule has 0 bridgehead atoms. The van der Waals surface area contributed by atoms with E-state index in [2.05, 4.69) is 18.7 Å². The number of ether oxygens (including phenoxy) is 1. The van der Waals surface area contributed by atoms with Crippen LogP contribution in [0.25, 0.3) is 0 Å². The number of hydrogen-bond donors (Lipinski definition) is 0. The first-order valence-electron chi connectivity index (χ1n) is 4.60. The summed E-state index contributed by atoms with van der Waals surface area (Å²) in [7, 11) is 0. The van der Waals surface area contributed by atoms with Crippen molar-refractivity contribution in [2.45, 2.75) is 45.4 Å². The Morgan fingerprint density at radius 1 is 1.50 bits per heavy atom. The van der Waals surface area contributed by atoms with E-state index in [0.29, 0.717) is 12.5 Å². The first-order valence-corrected chi connectivity index (χ1v) is 4.60. The molecule has 12 heavy (non-hydrogen) atoms. The van der Waals surface area contributed by atoms with E-state index in [1.165, 1.54) is 12.8 Å². The summed E-state index contributed by atoms with van der Waals surface area (Å²) in [4.78, 5) is 12.4. The van der Waals surface area contributed by atoms with Crippen molar-refractivity contribution in [2.75, 3.05) is 6.54 Å². The number of hydrogen-bond acceptors (Lipinski definition) is 3. The summed E-state index contributed by atoms with van der Waals surface area (Å²) in [5.74, 6) is 0. The predicted octanol–water partition coefficient (Wildman–Crippen LogP) is 1.38. The summed E-state index contributed by atoms with van der Waals surface area (Å²) in [5.41, 5.74) is 0. The van der Waals surface area contributed by atoms with Crippen molar-refractivity contribution in [3.63, 3.8) is 0 Å². The lowest BCUT2D eigenvalue weighted by Crippen LogP contribution is -2.45. The van der Waals surface area contributed by atoms with Gasteiger partial charge >= 0.3 is 0 Å². The number of rotatable bonds is 3. The van der Waals surface area contributed by atoms with Gasteiger partial charge in [0.25, 0.3) is 6.47 Å². The summed E-state index contributed by atoms with van der Waals surface area (Å²) in [6, 6.07) is 0.468. The van der Waals surface area contributed by atoms with E-state index in [4.69, 9.17) is 4.74 Å². The molecule has 1 aliphatic heterocycles. The number of carbonyl (C=O) groups is 1. The molecule has 0 aromatic carbocycles. The number of nitrogens with zero attached hydrogens (tertiary/aromatic N) is 1. The highest BCUT2D eigenvalue weighted by Crippen LogP contribution is 2.19. The number of likely N-dealkylation sites (tertiary alicyclic amines) is 1. The van der Waals surface area contributed by atoms with Gasteiger partial charge in [0.1, 0.15) is 0 Å². The lowest BCUT2D eigenvalue weighted by molar-refractivity contribution is -0.148. The average molecular weight is 171 g/mol. The molecule has 3 nitrogen and oxygen atoms in total. The van der Waals surface area contributed by atoms with Crippen LogP contribution in [0.4, 0.5) is 0 Å². The van der Waals surface area contributed by atoms with Crippen LogP contribution >= 0.6 is 0 Å². The number of piperidine rings is 1. The van der Waals surface area contributed by atoms with Gasteiger partial charge in [-0.15, -0.1) is 0 Å². The Morgan fingerprint density at radius 2 is 2.25 bits per heavy atom. The molecule has 0 N–H and O–H groups in total. The Kier molecular flexibility index (Phi) is 3.53. The molecule has 1 fully saturated rings. The molecule has 1 aliphatic rings. The fourth-order valence-electron chi connectivity index (χ4n) is 1.72. The van der Waals surface area contributed by atoms with Gasteiger partial charge in [0.2, 0.25) is 0 Å². The zero-order valence-electron chi connectivity index (χ0n) is 7.82. The molecule has 1 saturated heterocycles. The molecule has 0 aromatic rings. The molecule has 0 aliphatic carbocycles. The highest BCUT2D eigenvalue weighted by atomic mass is 16.5. The van der Waals surface area contributed by atoms with Gasteiger partial charge in [-0.05, 0) is 33.1 Å². The molecule has 0 saturated carbocycles. The molecule has 0 spiro atoms. The van der Waals surface area contributed by atoms with Crippen molar-refractivity contribution >= 4 is 6.47 Å². The van der Waals surface area contributed by atoms with E-state index in [-0.39, 0.29) is 6.23 Å². The minimum atomic E-state index is 0.0243. The summed E-state index contributed by atoms with van der Waals surface area (Å²) >= 11 is 0. The third kappa shape index (κ3) is 2.21. The largest absolute Gasteiger partial charge is 0.449 e. The van der Waals surface area contributed by atoms with Gasteiger partial charge in [-0.3, -0.25) is 9.69 Å². The Bertz CT molecular complexity index is 147. The topological polar surface area (TPSA) is 29.5 Å². The fraction of sp³-hybridized carbons (Fsp3) is 0.889. The first-order chi connectivity index (χ1) is 5.75.